The zero-order chi connectivity index (χ0) is 20.9. The van der Waals surface area contributed by atoms with Crippen LogP contribution < -0.4 is 14.5 Å². The van der Waals surface area contributed by atoms with E-state index in [4.69, 9.17) is 9.72 Å². The molecule has 3 heterocycles. The van der Waals surface area contributed by atoms with Gasteiger partial charge in [0.2, 0.25) is 0 Å². The largest absolute Gasteiger partial charge is 0.497 e. The lowest BCUT2D eigenvalue weighted by Crippen LogP contribution is -2.46. The number of anilines is 2. The van der Waals surface area contributed by atoms with Gasteiger partial charge in [0.05, 0.1) is 26.9 Å². The Morgan fingerprint density at radius 2 is 1.60 bits per heavy atom. The van der Waals surface area contributed by atoms with Crippen molar-refractivity contribution in [3.05, 3.63) is 36.4 Å². The third-order valence-electron chi connectivity index (χ3n) is 5.18. The van der Waals surface area contributed by atoms with Crippen molar-refractivity contribution in [2.45, 2.75) is 4.90 Å². The number of fused-ring (bicyclic) bond motifs is 2. The molecule has 2 aromatic heterocycles. The lowest BCUT2D eigenvalue weighted by atomic mass is 10.3. The smallest absolute Gasteiger partial charge is 0.186 e. The molecule has 1 saturated heterocycles. The van der Waals surface area contributed by atoms with E-state index >= 15 is 0 Å². The fourth-order valence-electron chi connectivity index (χ4n) is 3.59. The Hall–Kier alpha value is -2.43. The maximum Gasteiger partial charge on any atom is 0.186 e. The Balaban J connectivity index is 1.36. The number of methoxy groups -OCH3 is 1. The molecule has 1 aliphatic rings. The molecule has 0 bridgehead atoms. The molecule has 1 aliphatic heterocycles. The minimum atomic E-state index is -3.31. The summed E-state index contributed by atoms with van der Waals surface area (Å²) in [4.78, 5) is 14.3. The number of sulfone groups is 1. The summed E-state index contributed by atoms with van der Waals surface area (Å²) in [5.74, 6) is 0.840. The number of aromatic nitrogens is 2. The monoisotopic (exact) mass is 460 g/mol. The number of benzene rings is 2. The van der Waals surface area contributed by atoms with E-state index < -0.39 is 9.84 Å². The van der Waals surface area contributed by atoms with Crippen LogP contribution in [0.2, 0.25) is 0 Å². The first-order chi connectivity index (χ1) is 14.4. The number of nitrogens with zero attached hydrogens (tertiary/aromatic N) is 4. The molecular weight excluding hydrogens is 440 g/mol. The molecule has 4 aromatic rings. The van der Waals surface area contributed by atoms with Crippen LogP contribution in [0, 0.1) is 0 Å². The van der Waals surface area contributed by atoms with Crippen LogP contribution in [0.1, 0.15) is 0 Å². The summed E-state index contributed by atoms with van der Waals surface area (Å²) in [5, 5.41) is 1.89. The first kappa shape index (κ1) is 19.5. The summed E-state index contributed by atoms with van der Waals surface area (Å²) >= 11 is 3.22. The highest BCUT2D eigenvalue weighted by atomic mass is 32.2. The molecule has 0 radical (unpaired) electrons. The predicted octanol–water partition coefficient (Wildman–Crippen LogP) is 3.64. The molecule has 156 valence electrons. The van der Waals surface area contributed by atoms with E-state index in [1.807, 2.05) is 24.3 Å². The van der Waals surface area contributed by atoms with E-state index in [-0.39, 0.29) is 0 Å². The number of hydrogen-bond acceptors (Lipinski definition) is 9. The predicted molar refractivity (Wildman–Crippen MR) is 123 cm³/mol. The zero-order valence-corrected chi connectivity index (χ0v) is 19.0. The fraction of sp³-hybridized carbons (Fsp3) is 0.300. The number of para-hydroxylation sites is 1. The van der Waals surface area contributed by atoms with Crippen LogP contribution >= 0.6 is 22.7 Å². The standard InChI is InChI=1S/C20H20N4O3S3/c1-27-13-6-7-14-16(12-13)29-19(21-14)23-8-10-24(11-9-23)20-22-18-15(28-20)4-3-5-17(18)30(2,25)26/h3-7,12H,8-11H2,1-2H3. The van der Waals surface area contributed by atoms with Gasteiger partial charge >= 0.3 is 0 Å². The van der Waals surface area contributed by atoms with Gasteiger partial charge in [-0.25, -0.2) is 18.4 Å². The van der Waals surface area contributed by atoms with Gasteiger partial charge < -0.3 is 14.5 Å². The average molecular weight is 461 g/mol. The Kier molecular flexibility index (Phi) is 4.79. The van der Waals surface area contributed by atoms with Gasteiger partial charge in [-0.15, -0.1) is 0 Å². The summed E-state index contributed by atoms with van der Waals surface area (Å²) in [6.45, 7) is 3.30. The molecule has 0 spiro atoms. The SMILES string of the molecule is COc1ccc2nc(N3CCN(c4nc5c(S(C)(=O)=O)cccc5s4)CC3)sc2c1. The molecule has 1 fully saturated rings. The second-order valence-electron chi connectivity index (χ2n) is 7.18. The Morgan fingerprint density at radius 3 is 2.27 bits per heavy atom. The molecule has 0 saturated carbocycles. The first-order valence-electron chi connectivity index (χ1n) is 9.46. The topological polar surface area (TPSA) is 75.6 Å². The summed E-state index contributed by atoms with van der Waals surface area (Å²) < 4.78 is 31.5. The van der Waals surface area contributed by atoms with Gasteiger partial charge in [-0.3, -0.25) is 0 Å². The van der Waals surface area contributed by atoms with Gasteiger partial charge in [0.25, 0.3) is 0 Å². The highest BCUT2D eigenvalue weighted by Gasteiger charge is 2.23. The van der Waals surface area contributed by atoms with Crippen molar-refractivity contribution in [3.8, 4) is 5.75 Å². The number of rotatable bonds is 4. The number of thiazole rings is 2. The van der Waals surface area contributed by atoms with Crippen LogP contribution in [0.4, 0.5) is 10.3 Å². The molecule has 0 N–H and O–H groups in total. The van der Waals surface area contributed by atoms with Crippen LogP contribution in [0.5, 0.6) is 5.75 Å². The third kappa shape index (κ3) is 3.48. The van der Waals surface area contributed by atoms with Crippen LogP contribution in [-0.4, -0.2) is 57.9 Å². The lowest BCUT2D eigenvalue weighted by Gasteiger charge is -2.34. The van der Waals surface area contributed by atoms with Gasteiger partial charge in [-0.05, 0) is 30.3 Å². The second kappa shape index (κ2) is 7.36. The second-order valence-corrected chi connectivity index (χ2v) is 11.2. The fourth-order valence-corrected chi connectivity index (χ4v) is 6.58. The van der Waals surface area contributed by atoms with E-state index in [2.05, 4.69) is 14.8 Å². The van der Waals surface area contributed by atoms with E-state index in [0.29, 0.717) is 10.4 Å². The maximum absolute atomic E-state index is 12.1. The van der Waals surface area contributed by atoms with Crippen molar-refractivity contribution in [3.63, 3.8) is 0 Å². The quantitative estimate of drug-likeness (QED) is 0.460. The molecule has 7 nitrogen and oxygen atoms in total. The highest BCUT2D eigenvalue weighted by molar-refractivity contribution is 7.91. The number of ether oxygens (including phenoxy) is 1. The van der Waals surface area contributed by atoms with E-state index in [0.717, 1.165) is 57.1 Å². The first-order valence-corrected chi connectivity index (χ1v) is 13.0. The molecule has 0 atom stereocenters. The summed E-state index contributed by atoms with van der Waals surface area (Å²) in [5.41, 5.74) is 1.56. The van der Waals surface area contributed by atoms with Crippen LogP contribution in [0.25, 0.3) is 20.4 Å². The molecule has 30 heavy (non-hydrogen) atoms. The van der Waals surface area contributed by atoms with E-state index in [1.54, 1.807) is 41.9 Å². The minimum absolute atomic E-state index is 0.297. The van der Waals surface area contributed by atoms with Gasteiger partial charge in [-0.2, -0.15) is 0 Å². The van der Waals surface area contributed by atoms with Crippen molar-refractivity contribution >= 4 is 63.2 Å². The van der Waals surface area contributed by atoms with Crippen molar-refractivity contribution < 1.29 is 13.2 Å². The molecule has 10 heteroatoms. The Labute approximate surface area is 182 Å². The van der Waals surface area contributed by atoms with Crippen molar-refractivity contribution in [2.75, 3.05) is 49.3 Å². The van der Waals surface area contributed by atoms with Gasteiger partial charge in [-0.1, -0.05) is 28.7 Å². The van der Waals surface area contributed by atoms with Crippen molar-refractivity contribution in [2.24, 2.45) is 0 Å². The summed E-state index contributed by atoms with van der Waals surface area (Å²) in [6, 6.07) is 11.3. The van der Waals surface area contributed by atoms with Gasteiger partial charge in [0.15, 0.2) is 20.1 Å². The minimum Gasteiger partial charge on any atom is -0.497 e. The molecule has 0 amide bonds. The molecule has 0 unspecified atom stereocenters. The maximum atomic E-state index is 12.1. The third-order valence-corrected chi connectivity index (χ3v) is 8.46. The van der Waals surface area contributed by atoms with Crippen molar-refractivity contribution in [1.82, 2.24) is 9.97 Å². The zero-order valence-electron chi connectivity index (χ0n) is 16.5. The van der Waals surface area contributed by atoms with Crippen LogP contribution in [0.15, 0.2) is 41.3 Å². The Bertz CT molecular complexity index is 1340. The van der Waals surface area contributed by atoms with E-state index in [1.165, 1.54) is 6.26 Å². The lowest BCUT2D eigenvalue weighted by molar-refractivity contribution is 0.415. The molecule has 0 aliphatic carbocycles. The summed E-state index contributed by atoms with van der Waals surface area (Å²) in [7, 11) is -1.64. The van der Waals surface area contributed by atoms with Crippen LogP contribution in [-0.2, 0) is 9.84 Å². The average Bonchev–Trinajstić information content (AvgIpc) is 3.36. The van der Waals surface area contributed by atoms with Gasteiger partial charge in [0, 0.05) is 32.4 Å². The molecule has 5 rings (SSSR count). The van der Waals surface area contributed by atoms with Crippen LogP contribution in [0.3, 0.4) is 0 Å². The van der Waals surface area contributed by atoms with Gasteiger partial charge in [0.1, 0.15) is 11.3 Å². The highest BCUT2D eigenvalue weighted by Crippen LogP contribution is 2.35. The molecule has 2 aromatic carbocycles. The summed E-state index contributed by atoms with van der Waals surface area (Å²) in [6.07, 6.45) is 1.23. The number of piperazine rings is 1. The number of hydrogen-bond donors (Lipinski definition) is 0. The van der Waals surface area contributed by atoms with Crippen molar-refractivity contribution in [1.29, 1.82) is 0 Å². The van der Waals surface area contributed by atoms with E-state index in [9.17, 15) is 8.42 Å². The Morgan fingerprint density at radius 1 is 0.933 bits per heavy atom. The normalized spacial score (nSPS) is 15.3. The molecular formula is C20H20N4O3S3.